The van der Waals surface area contributed by atoms with Crippen molar-refractivity contribution < 1.29 is 9.53 Å². The van der Waals surface area contributed by atoms with Gasteiger partial charge in [-0.25, -0.2) is 4.98 Å². The fraction of sp³-hybridized carbons (Fsp3) is 0.692. The van der Waals surface area contributed by atoms with Crippen LogP contribution in [0, 0.1) is 5.92 Å². The SMILES string of the molecule is CCOC(C(=O)CCc1nccn1C)C(C)C. The first-order valence-electron chi connectivity index (χ1n) is 6.16. The van der Waals surface area contributed by atoms with Gasteiger partial charge in [-0.15, -0.1) is 0 Å². The molecule has 96 valence electrons. The number of hydrogen-bond donors (Lipinski definition) is 0. The number of carbonyl (C=O) groups excluding carboxylic acids is 1. The van der Waals surface area contributed by atoms with E-state index in [9.17, 15) is 4.79 Å². The third-order valence-corrected chi connectivity index (χ3v) is 2.79. The van der Waals surface area contributed by atoms with Crippen LogP contribution in [0.4, 0.5) is 0 Å². The molecule has 0 saturated carbocycles. The third-order valence-electron chi connectivity index (χ3n) is 2.79. The van der Waals surface area contributed by atoms with Crippen molar-refractivity contribution in [2.75, 3.05) is 6.61 Å². The summed E-state index contributed by atoms with van der Waals surface area (Å²) in [4.78, 5) is 16.2. The van der Waals surface area contributed by atoms with Gasteiger partial charge in [0.25, 0.3) is 0 Å². The number of hydrogen-bond acceptors (Lipinski definition) is 3. The van der Waals surface area contributed by atoms with Gasteiger partial charge in [0, 0.05) is 38.9 Å². The Morgan fingerprint density at radius 3 is 2.71 bits per heavy atom. The predicted molar refractivity (Wildman–Crippen MR) is 66.8 cm³/mol. The molecule has 0 aliphatic heterocycles. The highest BCUT2D eigenvalue weighted by Crippen LogP contribution is 2.11. The van der Waals surface area contributed by atoms with E-state index in [4.69, 9.17) is 4.74 Å². The molecule has 0 spiro atoms. The summed E-state index contributed by atoms with van der Waals surface area (Å²) in [6.45, 7) is 6.52. The molecule has 0 amide bonds. The van der Waals surface area contributed by atoms with Gasteiger partial charge in [-0.2, -0.15) is 0 Å². The summed E-state index contributed by atoms with van der Waals surface area (Å²) >= 11 is 0. The topological polar surface area (TPSA) is 44.1 Å². The summed E-state index contributed by atoms with van der Waals surface area (Å²) in [7, 11) is 1.94. The molecular weight excluding hydrogens is 216 g/mol. The van der Waals surface area contributed by atoms with Gasteiger partial charge >= 0.3 is 0 Å². The first kappa shape index (κ1) is 13.9. The predicted octanol–water partition coefficient (Wildman–Crippen LogP) is 1.98. The lowest BCUT2D eigenvalue weighted by atomic mass is 9.99. The number of aryl methyl sites for hydroxylation is 2. The van der Waals surface area contributed by atoms with Crippen LogP contribution < -0.4 is 0 Å². The first-order chi connectivity index (χ1) is 8.06. The molecule has 0 aromatic carbocycles. The molecule has 0 aliphatic rings. The summed E-state index contributed by atoms with van der Waals surface area (Å²) in [5, 5.41) is 0. The Balaban J connectivity index is 2.50. The van der Waals surface area contributed by atoms with Crippen LogP contribution in [-0.2, 0) is 23.0 Å². The molecule has 0 radical (unpaired) electrons. The fourth-order valence-electron chi connectivity index (χ4n) is 1.85. The maximum absolute atomic E-state index is 12.0. The van der Waals surface area contributed by atoms with Gasteiger partial charge in [-0.1, -0.05) is 13.8 Å². The number of rotatable bonds is 7. The average Bonchev–Trinajstić information content (AvgIpc) is 2.68. The van der Waals surface area contributed by atoms with Crippen molar-refractivity contribution in [3.63, 3.8) is 0 Å². The van der Waals surface area contributed by atoms with Crippen LogP contribution in [0.15, 0.2) is 12.4 Å². The monoisotopic (exact) mass is 238 g/mol. The molecule has 1 heterocycles. The third kappa shape index (κ3) is 3.97. The molecule has 1 rings (SSSR count). The number of nitrogens with zero attached hydrogens (tertiary/aromatic N) is 2. The van der Waals surface area contributed by atoms with E-state index in [1.807, 2.05) is 38.6 Å². The lowest BCUT2D eigenvalue weighted by Gasteiger charge is -2.19. The Labute approximate surface area is 103 Å². The number of carbonyl (C=O) groups is 1. The quantitative estimate of drug-likeness (QED) is 0.729. The number of ether oxygens (including phenoxy) is 1. The highest BCUT2D eigenvalue weighted by Gasteiger charge is 2.22. The molecule has 1 atom stereocenters. The maximum atomic E-state index is 12.0. The van der Waals surface area contributed by atoms with Gasteiger partial charge in [-0.05, 0) is 12.8 Å². The van der Waals surface area contributed by atoms with Crippen LogP contribution in [0.3, 0.4) is 0 Å². The standard InChI is InChI=1S/C13H22N2O2/c1-5-17-13(10(2)3)11(16)6-7-12-14-8-9-15(12)4/h8-10,13H,5-7H2,1-4H3. The molecule has 17 heavy (non-hydrogen) atoms. The maximum Gasteiger partial charge on any atom is 0.162 e. The first-order valence-corrected chi connectivity index (χ1v) is 6.16. The lowest BCUT2D eigenvalue weighted by Crippen LogP contribution is -2.30. The summed E-state index contributed by atoms with van der Waals surface area (Å²) in [5.41, 5.74) is 0. The highest BCUT2D eigenvalue weighted by molar-refractivity contribution is 5.83. The van der Waals surface area contributed by atoms with E-state index in [1.165, 1.54) is 0 Å². The van der Waals surface area contributed by atoms with Crippen LogP contribution in [0.25, 0.3) is 0 Å². The molecule has 0 N–H and O–H groups in total. The molecule has 0 bridgehead atoms. The number of aromatic nitrogens is 2. The van der Waals surface area contributed by atoms with Crippen molar-refractivity contribution in [1.82, 2.24) is 9.55 Å². The van der Waals surface area contributed by atoms with E-state index in [0.717, 1.165) is 5.82 Å². The van der Waals surface area contributed by atoms with Crippen molar-refractivity contribution in [1.29, 1.82) is 0 Å². The normalized spacial score (nSPS) is 13.0. The van der Waals surface area contributed by atoms with Crippen LogP contribution in [-0.4, -0.2) is 28.0 Å². The summed E-state index contributed by atoms with van der Waals surface area (Å²) in [5.74, 6) is 1.34. The minimum atomic E-state index is -0.278. The summed E-state index contributed by atoms with van der Waals surface area (Å²) < 4.78 is 7.43. The Morgan fingerprint density at radius 2 is 2.24 bits per heavy atom. The lowest BCUT2D eigenvalue weighted by molar-refractivity contribution is -0.133. The van der Waals surface area contributed by atoms with Crippen molar-refractivity contribution in [2.45, 2.75) is 39.7 Å². The Bertz CT molecular complexity index is 358. The fourth-order valence-corrected chi connectivity index (χ4v) is 1.85. The minimum Gasteiger partial charge on any atom is -0.370 e. The van der Waals surface area contributed by atoms with Gasteiger partial charge in [0.1, 0.15) is 11.9 Å². The molecule has 1 aromatic rings. The zero-order valence-electron chi connectivity index (χ0n) is 11.1. The molecule has 1 unspecified atom stereocenters. The van der Waals surface area contributed by atoms with Crippen LogP contribution in [0.2, 0.25) is 0 Å². The van der Waals surface area contributed by atoms with Gasteiger partial charge in [0.05, 0.1) is 0 Å². The number of imidazole rings is 1. The van der Waals surface area contributed by atoms with Gasteiger partial charge < -0.3 is 9.30 Å². The van der Waals surface area contributed by atoms with Gasteiger partial charge in [0.2, 0.25) is 0 Å². The summed E-state index contributed by atoms with van der Waals surface area (Å²) in [6, 6.07) is 0. The largest absolute Gasteiger partial charge is 0.370 e. The van der Waals surface area contributed by atoms with Crippen molar-refractivity contribution in [3.05, 3.63) is 18.2 Å². The summed E-state index contributed by atoms with van der Waals surface area (Å²) in [6.07, 6.45) is 4.54. The minimum absolute atomic E-state index is 0.171. The van der Waals surface area contributed by atoms with E-state index in [0.29, 0.717) is 19.4 Å². The van der Waals surface area contributed by atoms with E-state index >= 15 is 0 Å². The molecule has 4 nitrogen and oxygen atoms in total. The average molecular weight is 238 g/mol. The molecule has 0 saturated heterocycles. The highest BCUT2D eigenvalue weighted by atomic mass is 16.5. The van der Waals surface area contributed by atoms with Gasteiger partial charge in [-0.3, -0.25) is 4.79 Å². The second-order valence-electron chi connectivity index (χ2n) is 4.54. The van der Waals surface area contributed by atoms with Crippen molar-refractivity contribution in [2.24, 2.45) is 13.0 Å². The molecule has 0 aliphatic carbocycles. The van der Waals surface area contributed by atoms with E-state index in [1.54, 1.807) is 6.20 Å². The van der Waals surface area contributed by atoms with Gasteiger partial charge in [0.15, 0.2) is 5.78 Å². The molecular formula is C13H22N2O2. The molecule has 0 fully saturated rings. The Morgan fingerprint density at radius 1 is 1.53 bits per heavy atom. The van der Waals surface area contributed by atoms with Crippen molar-refractivity contribution in [3.8, 4) is 0 Å². The second-order valence-corrected chi connectivity index (χ2v) is 4.54. The van der Waals surface area contributed by atoms with Crippen molar-refractivity contribution >= 4 is 5.78 Å². The van der Waals surface area contributed by atoms with Crippen LogP contribution in [0.5, 0.6) is 0 Å². The zero-order chi connectivity index (χ0) is 12.8. The zero-order valence-corrected chi connectivity index (χ0v) is 11.1. The number of Topliss-reactive ketones (excluding diaryl/α,β-unsaturated/α-hetero) is 1. The Hall–Kier alpha value is -1.16. The van der Waals surface area contributed by atoms with E-state index in [2.05, 4.69) is 4.98 Å². The van der Waals surface area contributed by atoms with Crippen LogP contribution in [0.1, 0.15) is 33.0 Å². The second kappa shape index (κ2) is 6.55. The van der Waals surface area contributed by atoms with E-state index in [-0.39, 0.29) is 17.8 Å². The van der Waals surface area contributed by atoms with E-state index < -0.39 is 0 Å². The van der Waals surface area contributed by atoms with Crippen LogP contribution >= 0.6 is 0 Å². The smallest absolute Gasteiger partial charge is 0.162 e. The molecule has 4 heteroatoms. The molecule has 1 aromatic heterocycles. The Kier molecular flexibility index (Phi) is 5.35. The number of ketones is 1.